The molecule has 1 N–H and O–H groups in total. The number of aromatic nitrogens is 3. The molecule has 2 aromatic heterocycles. The largest absolute Gasteiger partial charge is 0.383 e. The monoisotopic (exact) mass is 213 g/mol. The molecule has 0 aliphatic rings. The standard InChI is InChI=1S/C11H11N5/c12-9-11-8-10(2-4-13-11)14-5-7-16-6-1-3-15-16/h1-4,6,8H,5,7H2,(H,13,14). The van der Waals surface area contributed by atoms with Crippen molar-refractivity contribution in [3.05, 3.63) is 42.5 Å². The average molecular weight is 213 g/mol. The van der Waals surface area contributed by atoms with E-state index in [1.807, 2.05) is 29.1 Å². The van der Waals surface area contributed by atoms with Gasteiger partial charge in [0.2, 0.25) is 0 Å². The lowest BCUT2D eigenvalue weighted by atomic mass is 10.3. The van der Waals surface area contributed by atoms with Crippen molar-refractivity contribution in [1.82, 2.24) is 14.8 Å². The molecular formula is C11H11N5. The molecule has 0 aromatic carbocycles. The minimum Gasteiger partial charge on any atom is -0.383 e. The van der Waals surface area contributed by atoms with E-state index >= 15 is 0 Å². The molecule has 2 heterocycles. The highest BCUT2D eigenvalue weighted by atomic mass is 15.3. The van der Waals surface area contributed by atoms with Crippen molar-refractivity contribution in [3.8, 4) is 6.07 Å². The van der Waals surface area contributed by atoms with Gasteiger partial charge in [-0.05, 0) is 18.2 Å². The molecular weight excluding hydrogens is 202 g/mol. The second-order valence-corrected chi connectivity index (χ2v) is 3.24. The number of nitrogens with zero attached hydrogens (tertiary/aromatic N) is 4. The molecule has 2 rings (SSSR count). The van der Waals surface area contributed by atoms with Crippen LogP contribution in [0, 0.1) is 11.3 Å². The molecule has 0 unspecified atom stereocenters. The van der Waals surface area contributed by atoms with Crippen LogP contribution in [0.1, 0.15) is 5.69 Å². The Morgan fingerprint density at radius 2 is 2.38 bits per heavy atom. The van der Waals surface area contributed by atoms with Crippen LogP contribution >= 0.6 is 0 Å². The Bertz CT molecular complexity index is 483. The van der Waals surface area contributed by atoms with Crippen LogP contribution in [0.3, 0.4) is 0 Å². The molecule has 0 fully saturated rings. The van der Waals surface area contributed by atoms with E-state index in [-0.39, 0.29) is 0 Å². The van der Waals surface area contributed by atoms with Crippen molar-refractivity contribution < 1.29 is 0 Å². The molecule has 2 aromatic rings. The van der Waals surface area contributed by atoms with Crippen LogP contribution in [0.4, 0.5) is 5.69 Å². The maximum Gasteiger partial charge on any atom is 0.142 e. The fraction of sp³-hybridized carbons (Fsp3) is 0.182. The van der Waals surface area contributed by atoms with Crippen molar-refractivity contribution in [2.75, 3.05) is 11.9 Å². The maximum absolute atomic E-state index is 8.68. The third-order valence-corrected chi connectivity index (χ3v) is 2.10. The minimum absolute atomic E-state index is 0.420. The summed E-state index contributed by atoms with van der Waals surface area (Å²) in [6.07, 6.45) is 5.28. The molecule has 0 amide bonds. The topological polar surface area (TPSA) is 66.5 Å². The third kappa shape index (κ3) is 2.58. The van der Waals surface area contributed by atoms with Gasteiger partial charge in [0.25, 0.3) is 0 Å². The van der Waals surface area contributed by atoms with Gasteiger partial charge in [-0.25, -0.2) is 4.98 Å². The van der Waals surface area contributed by atoms with Crippen LogP contribution in [0.5, 0.6) is 0 Å². The van der Waals surface area contributed by atoms with E-state index in [4.69, 9.17) is 5.26 Å². The first kappa shape index (κ1) is 10.2. The van der Waals surface area contributed by atoms with Crippen LogP contribution < -0.4 is 5.32 Å². The van der Waals surface area contributed by atoms with E-state index < -0.39 is 0 Å². The molecule has 80 valence electrons. The van der Waals surface area contributed by atoms with E-state index in [1.54, 1.807) is 18.5 Å². The van der Waals surface area contributed by atoms with Crippen LogP contribution in [-0.4, -0.2) is 21.3 Å². The molecule has 5 heteroatoms. The predicted octanol–water partition coefficient (Wildman–Crippen LogP) is 1.26. The highest BCUT2D eigenvalue weighted by Crippen LogP contribution is 2.06. The zero-order valence-electron chi connectivity index (χ0n) is 8.67. The SMILES string of the molecule is N#Cc1cc(NCCn2cccn2)ccn1. The molecule has 0 spiro atoms. The van der Waals surface area contributed by atoms with Gasteiger partial charge in [-0.2, -0.15) is 10.4 Å². The normalized spacial score (nSPS) is 9.69. The third-order valence-electron chi connectivity index (χ3n) is 2.10. The van der Waals surface area contributed by atoms with Gasteiger partial charge in [0.05, 0.1) is 6.54 Å². The smallest absolute Gasteiger partial charge is 0.142 e. The second-order valence-electron chi connectivity index (χ2n) is 3.24. The van der Waals surface area contributed by atoms with Gasteiger partial charge in [-0.1, -0.05) is 0 Å². The maximum atomic E-state index is 8.68. The molecule has 0 saturated carbocycles. The minimum atomic E-state index is 0.420. The van der Waals surface area contributed by atoms with E-state index in [0.717, 1.165) is 18.8 Å². The predicted molar refractivity (Wildman–Crippen MR) is 59.7 cm³/mol. The Kier molecular flexibility index (Phi) is 3.14. The molecule has 16 heavy (non-hydrogen) atoms. The molecule has 5 nitrogen and oxygen atoms in total. The van der Waals surface area contributed by atoms with E-state index in [2.05, 4.69) is 15.4 Å². The first-order valence-corrected chi connectivity index (χ1v) is 4.96. The number of nitrogens with one attached hydrogen (secondary N) is 1. The summed E-state index contributed by atoms with van der Waals surface area (Å²) < 4.78 is 1.85. The Labute approximate surface area is 93.4 Å². The fourth-order valence-electron chi connectivity index (χ4n) is 1.35. The number of anilines is 1. The van der Waals surface area contributed by atoms with Gasteiger partial charge < -0.3 is 5.32 Å². The summed E-state index contributed by atoms with van der Waals surface area (Å²) in [5.74, 6) is 0. The second kappa shape index (κ2) is 4.94. The first-order valence-electron chi connectivity index (χ1n) is 4.96. The summed E-state index contributed by atoms with van der Waals surface area (Å²) in [5, 5.41) is 16.0. The Balaban J connectivity index is 1.88. The summed E-state index contributed by atoms with van der Waals surface area (Å²) in [6.45, 7) is 1.55. The summed E-state index contributed by atoms with van der Waals surface area (Å²) in [6, 6.07) is 7.45. The highest BCUT2D eigenvalue weighted by Gasteiger charge is 1.95. The number of nitriles is 1. The zero-order chi connectivity index (χ0) is 11.2. The van der Waals surface area contributed by atoms with Crippen LogP contribution in [0.2, 0.25) is 0 Å². The van der Waals surface area contributed by atoms with Crippen molar-refractivity contribution in [3.63, 3.8) is 0 Å². The zero-order valence-corrected chi connectivity index (χ0v) is 8.67. The van der Waals surface area contributed by atoms with Gasteiger partial charge in [0, 0.05) is 30.8 Å². The Morgan fingerprint density at radius 3 is 3.12 bits per heavy atom. The number of hydrogen-bond donors (Lipinski definition) is 1. The van der Waals surface area contributed by atoms with Gasteiger partial charge in [0.15, 0.2) is 0 Å². The molecule has 0 saturated heterocycles. The summed E-state index contributed by atoms with van der Waals surface area (Å²) >= 11 is 0. The lowest BCUT2D eigenvalue weighted by molar-refractivity contribution is 0.638. The molecule has 0 radical (unpaired) electrons. The number of hydrogen-bond acceptors (Lipinski definition) is 4. The molecule has 0 atom stereocenters. The fourth-order valence-corrected chi connectivity index (χ4v) is 1.35. The van der Waals surface area contributed by atoms with E-state index in [0.29, 0.717) is 5.69 Å². The van der Waals surface area contributed by atoms with Gasteiger partial charge in [-0.3, -0.25) is 4.68 Å². The van der Waals surface area contributed by atoms with Crippen LogP contribution in [0.25, 0.3) is 0 Å². The average Bonchev–Trinajstić information content (AvgIpc) is 2.82. The van der Waals surface area contributed by atoms with Crippen molar-refractivity contribution >= 4 is 5.69 Å². The lowest BCUT2D eigenvalue weighted by Crippen LogP contribution is -2.10. The lowest BCUT2D eigenvalue weighted by Gasteiger charge is -2.06. The Morgan fingerprint density at radius 1 is 1.44 bits per heavy atom. The van der Waals surface area contributed by atoms with E-state index in [1.165, 1.54) is 0 Å². The summed E-state index contributed by atoms with van der Waals surface area (Å²) in [5.41, 5.74) is 1.32. The summed E-state index contributed by atoms with van der Waals surface area (Å²) in [4.78, 5) is 3.90. The first-order chi connectivity index (χ1) is 7.88. The molecule has 0 aliphatic heterocycles. The molecule has 0 aliphatic carbocycles. The number of rotatable bonds is 4. The van der Waals surface area contributed by atoms with Gasteiger partial charge in [-0.15, -0.1) is 0 Å². The van der Waals surface area contributed by atoms with E-state index in [9.17, 15) is 0 Å². The van der Waals surface area contributed by atoms with Gasteiger partial charge >= 0.3 is 0 Å². The quantitative estimate of drug-likeness (QED) is 0.830. The number of pyridine rings is 1. The highest BCUT2D eigenvalue weighted by molar-refractivity contribution is 5.45. The Hall–Kier alpha value is -2.35. The van der Waals surface area contributed by atoms with Gasteiger partial charge in [0.1, 0.15) is 11.8 Å². The van der Waals surface area contributed by atoms with Crippen LogP contribution in [0.15, 0.2) is 36.8 Å². The summed E-state index contributed by atoms with van der Waals surface area (Å²) in [7, 11) is 0. The van der Waals surface area contributed by atoms with Crippen molar-refractivity contribution in [2.45, 2.75) is 6.54 Å². The van der Waals surface area contributed by atoms with Crippen molar-refractivity contribution in [1.29, 1.82) is 5.26 Å². The van der Waals surface area contributed by atoms with Crippen molar-refractivity contribution in [2.24, 2.45) is 0 Å². The van der Waals surface area contributed by atoms with Crippen LogP contribution in [-0.2, 0) is 6.54 Å². The molecule has 0 bridgehead atoms.